The van der Waals surface area contributed by atoms with Crippen LogP contribution in [0.15, 0.2) is 71.9 Å². The Labute approximate surface area is 172 Å². The summed E-state index contributed by atoms with van der Waals surface area (Å²) in [4.78, 5) is 11.4. The summed E-state index contributed by atoms with van der Waals surface area (Å²) in [5.74, 6) is 0. The van der Waals surface area contributed by atoms with Crippen LogP contribution in [0.25, 0.3) is 0 Å². The highest BCUT2D eigenvalue weighted by Crippen LogP contribution is 2.40. The number of rotatable bonds is 4. The fourth-order valence-electron chi connectivity index (χ4n) is 4.26. The highest BCUT2D eigenvalue weighted by Gasteiger charge is 2.39. The van der Waals surface area contributed by atoms with Crippen LogP contribution in [0.4, 0.5) is 5.69 Å². The van der Waals surface area contributed by atoms with Gasteiger partial charge in [0.05, 0.1) is 12.2 Å². The molecule has 4 rings (SSSR count). The van der Waals surface area contributed by atoms with Crippen LogP contribution < -0.4 is 5.46 Å². The largest absolute Gasteiger partial charge is 0.495 e. The number of benzene rings is 3. The molecule has 29 heavy (non-hydrogen) atoms. The van der Waals surface area contributed by atoms with Gasteiger partial charge in [-0.25, -0.2) is 0 Å². The summed E-state index contributed by atoms with van der Waals surface area (Å²) in [6.45, 7) is 6.27. The number of hydrogen-bond donors (Lipinski definition) is 0. The third-order valence-electron chi connectivity index (χ3n) is 5.53. The predicted molar refractivity (Wildman–Crippen MR) is 117 cm³/mol. The quantitative estimate of drug-likeness (QED) is 0.432. The minimum Gasteiger partial charge on any atom is -0.400 e. The number of nitroso groups, excluding NO2 is 1. The first kappa shape index (κ1) is 19.6. The van der Waals surface area contributed by atoms with E-state index in [4.69, 9.17) is 9.31 Å². The van der Waals surface area contributed by atoms with E-state index < -0.39 is 7.12 Å². The predicted octanol–water partition coefficient (Wildman–Crippen LogP) is 5.62. The standard InChI is InChI=1S/C24H24BNO3/c1-16-13-17(2)24(18(3)14-16)25-28-22(19-9-5-4-6-10-19)15-23(29-25)20-11-7-8-12-21(20)26-27/h4-14,22-23H,15H2,1-3H3. The fraction of sp³-hybridized carbons (Fsp3) is 0.250. The molecule has 5 heteroatoms. The van der Waals surface area contributed by atoms with Gasteiger partial charge in [-0.05, 0) is 43.0 Å². The minimum atomic E-state index is -0.515. The Morgan fingerprint density at radius 3 is 2.17 bits per heavy atom. The second kappa shape index (κ2) is 8.32. The van der Waals surface area contributed by atoms with Gasteiger partial charge in [0, 0.05) is 12.0 Å². The summed E-state index contributed by atoms with van der Waals surface area (Å²) in [6, 6.07) is 21.9. The summed E-state index contributed by atoms with van der Waals surface area (Å²) in [5.41, 5.74) is 6.87. The van der Waals surface area contributed by atoms with Gasteiger partial charge in [0.25, 0.3) is 0 Å². The van der Waals surface area contributed by atoms with E-state index in [9.17, 15) is 4.91 Å². The van der Waals surface area contributed by atoms with Crippen molar-refractivity contribution in [3.8, 4) is 0 Å². The van der Waals surface area contributed by atoms with Crippen LogP contribution in [0.2, 0.25) is 0 Å². The van der Waals surface area contributed by atoms with Crippen LogP contribution >= 0.6 is 0 Å². The Morgan fingerprint density at radius 1 is 0.862 bits per heavy atom. The molecule has 0 amide bonds. The molecule has 0 saturated carbocycles. The van der Waals surface area contributed by atoms with Gasteiger partial charge >= 0.3 is 7.12 Å². The van der Waals surface area contributed by atoms with E-state index in [0.717, 1.165) is 27.7 Å². The van der Waals surface area contributed by atoms with E-state index in [0.29, 0.717) is 12.1 Å². The number of nitrogens with zero attached hydrogens (tertiary/aromatic N) is 1. The summed E-state index contributed by atoms with van der Waals surface area (Å²) in [6.07, 6.45) is 0.199. The summed E-state index contributed by atoms with van der Waals surface area (Å²) >= 11 is 0. The molecule has 3 aromatic carbocycles. The first-order chi connectivity index (χ1) is 14.1. The number of hydrogen-bond acceptors (Lipinski definition) is 4. The zero-order chi connectivity index (χ0) is 20.4. The van der Waals surface area contributed by atoms with Crippen molar-refractivity contribution in [3.05, 3.63) is 99.5 Å². The van der Waals surface area contributed by atoms with Gasteiger partial charge in [-0.2, -0.15) is 0 Å². The van der Waals surface area contributed by atoms with E-state index in [-0.39, 0.29) is 12.2 Å². The van der Waals surface area contributed by atoms with Crippen molar-refractivity contribution in [2.24, 2.45) is 5.18 Å². The van der Waals surface area contributed by atoms with Gasteiger partial charge in [-0.15, -0.1) is 4.91 Å². The molecule has 4 nitrogen and oxygen atoms in total. The fourth-order valence-corrected chi connectivity index (χ4v) is 4.26. The van der Waals surface area contributed by atoms with Crippen molar-refractivity contribution in [2.75, 3.05) is 0 Å². The van der Waals surface area contributed by atoms with Gasteiger partial charge in [-0.1, -0.05) is 77.4 Å². The lowest BCUT2D eigenvalue weighted by Gasteiger charge is -2.36. The molecule has 2 atom stereocenters. The smallest absolute Gasteiger partial charge is 0.400 e. The van der Waals surface area contributed by atoms with Gasteiger partial charge in [-0.3, -0.25) is 0 Å². The summed E-state index contributed by atoms with van der Waals surface area (Å²) < 4.78 is 12.9. The van der Waals surface area contributed by atoms with Gasteiger partial charge < -0.3 is 9.31 Å². The van der Waals surface area contributed by atoms with E-state index >= 15 is 0 Å². The Balaban J connectivity index is 1.77. The zero-order valence-corrected chi connectivity index (χ0v) is 17.0. The van der Waals surface area contributed by atoms with Crippen LogP contribution in [0, 0.1) is 25.7 Å². The van der Waals surface area contributed by atoms with Crippen LogP contribution in [-0.4, -0.2) is 7.12 Å². The molecule has 0 aliphatic carbocycles. The molecule has 146 valence electrons. The third kappa shape index (κ3) is 4.02. The first-order valence-electron chi connectivity index (χ1n) is 9.92. The molecule has 1 fully saturated rings. The van der Waals surface area contributed by atoms with Crippen LogP contribution in [0.1, 0.15) is 46.4 Å². The molecule has 0 N–H and O–H groups in total. The molecule has 3 aromatic rings. The Morgan fingerprint density at radius 2 is 1.48 bits per heavy atom. The van der Waals surface area contributed by atoms with Crippen molar-refractivity contribution in [2.45, 2.75) is 39.4 Å². The van der Waals surface area contributed by atoms with Gasteiger partial charge in [0.1, 0.15) is 5.69 Å². The Hall–Kier alpha value is -2.76. The molecular formula is C24H24BNO3. The highest BCUT2D eigenvalue weighted by molar-refractivity contribution is 6.62. The van der Waals surface area contributed by atoms with Crippen molar-refractivity contribution in [1.29, 1.82) is 0 Å². The maximum Gasteiger partial charge on any atom is 0.495 e. The molecule has 2 unspecified atom stereocenters. The second-order valence-electron chi connectivity index (χ2n) is 7.69. The SMILES string of the molecule is Cc1cc(C)c(B2OC(c3ccccc3)CC(c3ccccc3N=O)O2)c(C)c1. The Bertz CT molecular complexity index is 999. The third-order valence-corrected chi connectivity index (χ3v) is 5.53. The van der Waals surface area contributed by atoms with Crippen molar-refractivity contribution in [3.63, 3.8) is 0 Å². The first-order valence-corrected chi connectivity index (χ1v) is 9.92. The maximum atomic E-state index is 11.4. The van der Waals surface area contributed by atoms with Gasteiger partial charge in [0.2, 0.25) is 0 Å². The van der Waals surface area contributed by atoms with Gasteiger partial charge in [0.15, 0.2) is 0 Å². The molecule has 0 aromatic heterocycles. The van der Waals surface area contributed by atoms with Crippen LogP contribution in [0.3, 0.4) is 0 Å². The van der Waals surface area contributed by atoms with E-state index in [1.807, 2.05) is 36.4 Å². The lowest BCUT2D eigenvalue weighted by molar-refractivity contribution is 0.0208. The number of aryl methyl sites for hydroxylation is 3. The molecule has 1 saturated heterocycles. The Kier molecular flexibility index (Phi) is 5.61. The van der Waals surface area contributed by atoms with Crippen LogP contribution in [0.5, 0.6) is 0 Å². The average molecular weight is 385 g/mol. The van der Waals surface area contributed by atoms with Crippen molar-refractivity contribution >= 4 is 18.3 Å². The lowest BCUT2D eigenvalue weighted by atomic mass is 9.70. The molecule has 1 aliphatic rings. The minimum absolute atomic E-state index is 0.139. The molecule has 0 spiro atoms. The average Bonchev–Trinajstić information content (AvgIpc) is 2.73. The topological polar surface area (TPSA) is 47.9 Å². The van der Waals surface area contributed by atoms with E-state index in [1.54, 1.807) is 6.07 Å². The molecule has 0 radical (unpaired) electrons. The molecule has 1 aliphatic heterocycles. The van der Waals surface area contributed by atoms with E-state index in [1.165, 1.54) is 5.56 Å². The molecular weight excluding hydrogens is 361 g/mol. The maximum absolute atomic E-state index is 11.4. The zero-order valence-electron chi connectivity index (χ0n) is 17.0. The molecule has 1 heterocycles. The summed E-state index contributed by atoms with van der Waals surface area (Å²) in [7, 11) is -0.515. The van der Waals surface area contributed by atoms with Crippen molar-refractivity contribution < 1.29 is 9.31 Å². The van der Waals surface area contributed by atoms with E-state index in [2.05, 4.69) is 50.2 Å². The second-order valence-corrected chi connectivity index (χ2v) is 7.69. The van der Waals surface area contributed by atoms with Crippen LogP contribution in [-0.2, 0) is 9.31 Å². The normalized spacial score (nSPS) is 19.2. The lowest BCUT2D eigenvalue weighted by Crippen LogP contribution is -2.45. The highest BCUT2D eigenvalue weighted by atomic mass is 16.6. The molecule has 0 bridgehead atoms. The monoisotopic (exact) mass is 385 g/mol. The van der Waals surface area contributed by atoms with Crippen molar-refractivity contribution in [1.82, 2.24) is 0 Å². The summed E-state index contributed by atoms with van der Waals surface area (Å²) in [5, 5.41) is 3.22.